The summed E-state index contributed by atoms with van der Waals surface area (Å²) < 4.78 is 24.2. The molecule has 7 nitrogen and oxygen atoms in total. The average Bonchev–Trinajstić information content (AvgIpc) is 2.79. The van der Waals surface area contributed by atoms with Crippen LogP contribution >= 0.6 is 0 Å². The van der Waals surface area contributed by atoms with Crippen LogP contribution in [-0.4, -0.2) is 67.0 Å². The summed E-state index contributed by atoms with van der Waals surface area (Å²) in [5.41, 5.74) is 0. The van der Waals surface area contributed by atoms with Gasteiger partial charge in [0.2, 0.25) is 15.9 Å². The zero-order chi connectivity index (χ0) is 15.8. The lowest BCUT2D eigenvalue weighted by molar-refractivity contribution is -0.149. The molecule has 1 amide bonds. The predicted molar refractivity (Wildman–Crippen MR) is 76.0 cm³/mol. The van der Waals surface area contributed by atoms with Crippen LogP contribution in [0.4, 0.5) is 0 Å². The maximum Gasteiger partial charge on any atom is 0.307 e. The summed E-state index contributed by atoms with van der Waals surface area (Å²) >= 11 is 0. The van der Waals surface area contributed by atoms with Gasteiger partial charge in [0.25, 0.3) is 0 Å². The third-order valence-electron chi connectivity index (χ3n) is 4.45. The van der Waals surface area contributed by atoms with Crippen molar-refractivity contribution in [2.45, 2.75) is 19.8 Å². The number of carbonyl (C=O) groups excluding carboxylic acids is 1. The number of hydrogen-bond acceptors (Lipinski definition) is 4. The Morgan fingerprint density at radius 1 is 1.05 bits per heavy atom. The monoisotopic (exact) mass is 318 g/mol. The van der Waals surface area contributed by atoms with Gasteiger partial charge in [-0.05, 0) is 18.8 Å². The Morgan fingerprint density at radius 3 is 2.05 bits per heavy atom. The maximum atomic E-state index is 12.5. The summed E-state index contributed by atoms with van der Waals surface area (Å²) in [5.74, 6) is -1.90. The van der Waals surface area contributed by atoms with Crippen LogP contribution in [0.2, 0.25) is 0 Å². The van der Waals surface area contributed by atoms with Crippen molar-refractivity contribution in [1.82, 2.24) is 9.21 Å². The minimum atomic E-state index is -3.23. The van der Waals surface area contributed by atoms with E-state index < -0.39 is 27.8 Å². The SMILES string of the molecule is CC1C[C@H](C(=O)N2CCN(S(C)(=O)=O)CC2)[C@H](C(=O)O)C1. The highest BCUT2D eigenvalue weighted by Gasteiger charge is 2.43. The topological polar surface area (TPSA) is 95.0 Å². The summed E-state index contributed by atoms with van der Waals surface area (Å²) in [6.07, 6.45) is 2.29. The van der Waals surface area contributed by atoms with Gasteiger partial charge in [0.1, 0.15) is 0 Å². The van der Waals surface area contributed by atoms with Crippen LogP contribution in [0.25, 0.3) is 0 Å². The van der Waals surface area contributed by atoms with E-state index in [9.17, 15) is 23.1 Å². The summed E-state index contributed by atoms with van der Waals surface area (Å²) in [5, 5.41) is 9.24. The molecule has 0 radical (unpaired) electrons. The molecule has 120 valence electrons. The van der Waals surface area contributed by atoms with Gasteiger partial charge in [-0.15, -0.1) is 0 Å². The Kier molecular flexibility index (Phi) is 4.57. The number of amides is 1. The lowest BCUT2D eigenvalue weighted by Crippen LogP contribution is -2.52. The fourth-order valence-electron chi connectivity index (χ4n) is 3.31. The van der Waals surface area contributed by atoms with Crippen LogP contribution in [0.15, 0.2) is 0 Å². The van der Waals surface area contributed by atoms with Crippen LogP contribution in [0, 0.1) is 17.8 Å². The van der Waals surface area contributed by atoms with Gasteiger partial charge in [-0.25, -0.2) is 8.42 Å². The van der Waals surface area contributed by atoms with E-state index in [0.29, 0.717) is 25.9 Å². The molecule has 1 N–H and O–H groups in total. The highest BCUT2D eigenvalue weighted by atomic mass is 32.2. The van der Waals surface area contributed by atoms with Gasteiger partial charge < -0.3 is 10.0 Å². The van der Waals surface area contributed by atoms with E-state index in [1.165, 1.54) is 4.31 Å². The number of aliphatic carboxylic acids is 1. The van der Waals surface area contributed by atoms with Gasteiger partial charge in [0.05, 0.1) is 18.1 Å². The molecule has 1 heterocycles. The van der Waals surface area contributed by atoms with Crippen molar-refractivity contribution in [3.8, 4) is 0 Å². The molecule has 3 atom stereocenters. The zero-order valence-electron chi connectivity index (χ0n) is 12.4. The second kappa shape index (κ2) is 5.92. The Morgan fingerprint density at radius 2 is 1.57 bits per heavy atom. The van der Waals surface area contributed by atoms with Crippen molar-refractivity contribution in [2.75, 3.05) is 32.4 Å². The largest absolute Gasteiger partial charge is 0.481 e. The lowest BCUT2D eigenvalue weighted by atomic mass is 9.94. The Balaban J connectivity index is 2.00. The van der Waals surface area contributed by atoms with Gasteiger partial charge >= 0.3 is 5.97 Å². The number of carboxylic acids is 1. The first-order valence-corrected chi connectivity index (χ1v) is 9.01. The van der Waals surface area contributed by atoms with Crippen molar-refractivity contribution in [1.29, 1.82) is 0 Å². The third kappa shape index (κ3) is 3.55. The van der Waals surface area contributed by atoms with Crippen molar-refractivity contribution in [3.63, 3.8) is 0 Å². The molecule has 0 spiro atoms. The first kappa shape index (κ1) is 16.2. The molecule has 1 saturated carbocycles. The van der Waals surface area contributed by atoms with Crippen molar-refractivity contribution >= 4 is 21.9 Å². The molecule has 2 aliphatic rings. The number of hydrogen-bond donors (Lipinski definition) is 1. The van der Waals surface area contributed by atoms with Crippen LogP contribution in [-0.2, 0) is 19.6 Å². The smallest absolute Gasteiger partial charge is 0.307 e. The van der Waals surface area contributed by atoms with E-state index in [0.717, 1.165) is 6.26 Å². The number of carboxylic acid groups (broad SMARTS) is 1. The van der Waals surface area contributed by atoms with E-state index in [2.05, 4.69) is 0 Å². The van der Waals surface area contributed by atoms with Gasteiger partial charge in [0.15, 0.2) is 0 Å². The molecule has 0 aromatic carbocycles. The molecule has 1 aliphatic heterocycles. The second-order valence-corrected chi connectivity index (χ2v) is 8.10. The molecule has 1 aliphatic carbocycles. The number of carbonyl (C=O) groups is 2. The molecular weight excluding hydrogens is 296 g/mol. The summed E-state index contributed by atoms with van der Waals surface area (Å²) in [6, 6.07) is 0. The molecular formula is C13H22N2O5S. The van der Waals surface area contributed by atoms with Crippen molar-refractivity contribution in [2.24, 2.45) is 17.8 Å². The van der Waals surface area contributed by atoms with Crippen molar-refractivity contribution < 1.29 is 23.1 Å². The minimum Gasteiger partial charge on any atom is -0.481 e. The van der Waals surface area contributed by atoms with Crippen molar-refractivity contribution in [3.05, 3.63) is 0 Å². The molecule has 0 aromatic heterocycles. The van der Waals surface area contributed by atoms with E-state index in [4.69, 9.17) is 0 Å². The Bertz CT molecular complexity index is 525. The van der Waals surface area contributed by atoms with E-state index in [-0.39, 0.29) is 24.9 Å². The maximum absolute atomic E-state index is 12.5. The number of piperazine rings is 1. The second-order valence-electron chi connectivity index (χ2n) is 6.12. The van der Waals surface area contributed by atoms with E-state index >= 15 is 0 Å². The molecule has 2 fully saturated rings. The first-order valence-electron chi connectivity index (χ1n) is 7.17. The highest BCUT2D eigenvalue weighted by molar-refractivity contribution is 7.88. The van der Waals surface area contributed by atoms with Crippen LogP contribution in [0.1, 0.15) is 19.8 Å². The molecule has 0 bridgehead atoms. The fourth-order valence-corrected chi connectivity index (χ4v) is 4.14. The fraction of sp³-hybridized carbons (Fsp3) is 0.846. The number of nitrogens with zero attached hydrogens (tertiary/aromatic N) is 2. The molecule has 0 aromatic rings. The Labute approximate surface area is 125 Å². The quantitative estimate of drug-likeness (QED) is 0.780. The zero-order valence-corrected chi connectivity index (χ0v) is 13.2. The van der Waals surface area contributed by atoms with Crippen LogP contribution in [0.5, 0.6) is 0 Å². The van der Waals surface area contributed by atoms with E-state index in [1.54, 1.807) is 4.90 Å². The standard InChI is InChI=1S/C13H22N2O5S/c1-9-7-10(11(8-9)13(17)18)12(16)14-3-5-15(6-4-14)21(2,19)20/h9-11H,3-8H2,1-2H3,(H,17,18)/t9?,10-,11+/m0/s1. The Hall–Kier alpha value is -1.15. The number of rotatable bonds is 3. The third-order valence-corrected chi connectivity index (χ3v) is 5.76. The normalized spacial score (nSPS) is 31.3. The van der Waals surface area contributed by atoms with Crippen LogP contribution in [0.3, 0.4) is 0 Å². The molecule has 21 heavy (non-hydrogen) atoms. The van der Waals surface area contributed by atoms with Gasteiger partial charge in [0, 0.05) is 26.2 Å². The van der Waals surface area contributed by atoms with E-state index in [1.807, 2.05) is 6.92 Å². The molecule has 2 rings (SSSR count). The van der Waals surface area contributed by atoms with Crippen LogP contribution < -0.4 is 0 Å². The predicted octanol–water partition coefficient (Wildman–Crippen LogP) is -0.163. The van der Waals surface area contributed by atoms with Gasteiger partial charge in [-0.2, -0.15) is 4.31 Å². The minimum absolute atomic E-state index is 0.139. The van der Waals surface area contributed by atoms with Gasteiger partial charge in [-0.1, -0.05) is 6.92 Å². The molecule has 1 saturated heterocycles. The molecule has 8 heteroatoms. The highest BCUT2D eigenvalue weighted by Crippen LogP contribution is 2.37. The summed E-state index contributed by atoms with van der Waals surface area (Å²) in [4.78, 5) is 25.4. The average molecular weight is 318 g/mol. The van der Waals surface area contributed by atoms with Gasteiger partial charge in [-0.3, -0.25) is 9.59 Å². The lowest BCUT2D eigenvalue weighted by Gasteiger charge is -2.35. The first-order chi connectivity index (χ1) is 9.70. The summed E-state index contributed by atoms with van der Waals surface area (Å²) in [7, 11) is -3.23. The molecule has 1 unspecified atom stereocenters. The summed E-state index contributed by atoms with van der Waals surface area (Å²) in [6.45, 7) is 3.20. The number of sulfonamides is 1.